The topological polar surface area (TPSA) is 87.5 Å². The van der Waals surface area contributed by atoms with Crippen LogP contribution in [-0.4, -0.2) is 39.5 Å². The number of hydrogen-bond acceptors (Lipinski definition) is 4. The van der Waals surface area contributed by atoms with Crippen LogP contribution in [0.5, 0.6) is 0 Å². The summed E-state index contributed by atoms with van der Waals surface area (Å²) >= 11 is 0. The Morgan fingerprint density at radius 1 is 1.32 bits per heavy atom. The highest BCUT2D eigenvalue weighted by Gasteiger charge is 2.13. The van der Waals surface area contributed by atoms with E-state index in [1.807, 2.05) is 19.0 Å². The highest BCUT2D eigenvalue weighted by Crippen LogP contribution is 2.21. The van der Waals surface area contributed by atoms with Gasteiger partial charge in [-0.1, -0.05) is 0 Å². The van der Waals surface area contributed by atoms with Gasteiger partial charge in [-0.15, -0.1) is 0 Å². The normalized spacial score (nSPS) is 9.84. The first-order valence-electron chi connectivity index (χ1n) is 6.01. The molecule has 0 fully saturated rings. The lowest BCUT2D eigenvalue weighted by Gasteiger charge is -2.17. The number of benzene rings is 1. The molecule has 2 amide bonds. The van der Waals surface area contributed by atoms with Crippen LogP contribution in [-0.2, 0) is 4.79 Å². The maximum atomic E-state index is 12.1. The van der Waals surface area contributed by atoms with E-state index in [-0.39, 0.29) is 18.2 Å². The molecular formula is C13H20N4O2. The molecule has 0 radical (unpaired) electrons. The Balaban J connectivity index is 2.75. The summed E-state index contributed by atoms with van der Waals surface area (Å²) in [5.41, 5.74) is 7.52. The fraction of sp³-hybridized carbons (Fsp3) is 0.385. The van der Waals surface area contributed by atoms with Gasteiger partial charge in [0.2, 0.25) is 5.91 Å². The highest BCUT2D eigenvalue weighted by atomic mass is 16.2. The molecule has 1 aromatic carbocycles. The number of rotatable bonds is 5. The van der Waals surface area contributed by atoms with Gasteiger partial charge in [0, 0.05) is 45.5 Å². The third-order valence-corrected chi connectivity index (χ3v) is 2.66. The van der Waals surface area contributed by atoms with Crippen molar-refractivity contribution in [3.63, 3.8) is 0 Å². The molecule has 104 valence electrons. The summed E-state index contributed by atoms with van der Waals surface area (Å²) in [4.78, 5) is 25.0. The van der Waals surface area contributed by atoms with Crippen molar-refractivity contribution in [2.45, 2.75) is 6.42 Å². The monoisotopic (exact) mass is 264 g/mol. The van der Waals surface area contributed by atoms with Gasteiger partial charge in [0.25, 0.3) is 5.91 Å². The molecule has 0 aliphatic heterocycles. The Bertz CT molecular complexity index is 472. The summed E-state index contributed by atoms with van der Waals surface area (Å²) in [7, 11) is 5.27. The van der Waals surface area contributed by atoms with Gasteiger partial charge in [0.05, 0.1) is 5.56 Å². The number of amides is 2. The number of hydrogen-bond donors (Lipinski definition) is 3. The van der Waals surface area contributed by atoms with E-state index in [0.29, 0.717) is 17.8 Å². The fourth-order valence-corrected chi connectivity index (χ4v) is 1.64. The van der Waals surface area contributed by atoms with Crippen molar-refractivity contribution in [3.05, 3.63) is 23.8 Å². The number of nitrogens with one attached hydrogen (secondary N) is 2. The summed E-state index contributed by atoms with van der Waals surface area (Å²) in [6, 6.07) is 5.17. The molecule has 0 aliphatic carbocycles. The molecule has 0 atom stereocenters. The first kappa shape index (κ1) is 14.8. The molecule has 6 heteroatoms. The standard InChI is InChI=1S/C13H20N4O2/c1-15-12(18)6-7-16-13(19)10-8-9(14)4-5-11(10)17(2)3/h4-5,8H,6-7,14H2,1-3H3,(H,15,18)(H,16,19). The second-order valence-electron chi connectivity index (χ2n) is 4.35. The minimum absolute atomic E-state index is 0.110. The van der Waals surface area contributed by atoms with Crippen LogP contribution >= 0.6 is 0 Å². The van der Waals surface area contributed by atoms with Crippen LogP contribution in [0.3, 0.4) is 0 Å². The van der Waals surface area contributed by atoms with E-state index in [9.17, 15) is 9.59 Å². The minimum Gasteiger partial charge on any atom is -0.399 e. The van der Waals surface area contributed by atoms with E-state index in [1.165, 1.54) is 0 Å². The Labute approximate surface area is 113 Å². The first-order valence-corrected chi connectivity index (χ1v) is 6.01. The molecule has 0 bridgehead atoms. The van der Waals surface area contributed by atoms with Crippen molar-refractivity contribution < 1.29 is 9.59 Å². The van der Waals surface area contributed by atoms with Crippen LogP contribution in [0.15, 0.2) is 18.2 Å². The molecule has 0 heterocycles. The van der Waals surface area contributed by atoms with E-state index in [2.05, 4.69) is 10.6 Å². The molecular weight excluding hydrogens is 244 g/mol. The lowest BCUT2D eigenvalue weighted by molar-refractivity contribution is -0.120. The molecule has 0 aromatic heterocycles. The molecule has 19 heavy (non-hydrogen) atoms. The second kappa shape index (κ2) is 6.63. The SMILES string of the molecule is CNC(=O)CCNC(=O)c1cc(N)ccc1N(C)C. The van der Waals surface area contributed by atoms with E-state index in [1.54, 1.807) is 25.2 Å². The molecule has 0 saturated carbocycles. The third-order valence-electron chi connectivity index (χ3n) is 2.66. The Morgan fingerprint density at radius 3 is 2.58 bits per heavy atom. The summed E-state index contributed by atoms with van der Waals surface area (Å²) < 4.78 is 0. The van der Waals surface area contributed by atoms with Crippen molar-refractivity contribution in [3.8, 4) is 0 Å². The zero-order valence-electron chi connectivity index (χ0n) is 11.5. The number of nitrogen functional groups attached to an aromatic ring is 1. The van der Waals surface area contributed by atoms with Crippen LogP contribution in [0.2, 0.25) is 0 Å². The maximum absolute atomic E-state index is 12.1. The average Bonchev–Trinajstić information content (AvgIpc) is 2.37. The molecule has 4 N–H and O–H groups in total. The number of nitrogens with zero attached hydrogens (tertiary/aromatic N) is 1. The van der Waals surface area contributed by atoms with Gasteiger partial charge >= 0.3 is 0 Å². The van der Waals surface area contributed by atoms with Gasteiger partial charge < -0.3 is 21.3 Å². The Morgan fingerprint density at radius 2 is 2.00 bits per heavy atom. The van der Waals surface area contributed by atoms with E-state index < -0.39 is 0 Å². The Kier molecular flexibility index (Phi) is 5.17. The largest absolute Gasteiger partial charge is 0.399 e. The van der Waals surface area contributed by atoms with Gasteiger partial charge in [-0.2, -0.15) is 0 Å². The van der Waals surface area contributed by atoms with Crippen LogP contribution < -0.4 is 21.3 Å². The van der Waals surface area contributed by atoms with Crippen LogP contribution in [0.4, 0.5) is 11.4 Å². The van der Waals surface area contributed by atoms with Crippen molar-refractivity contribution in [2.24, 2.45) is 0 Å². The van der Waals surface area contributed by atoms with Gasteiger partial charge in [-0.25, -0.2) is 0 Å². The highest BCUT2D eigenvalue weighted by molar-refractivity contribution is 6.00. The number of carbonyl (C=O) groups is 2. The smallest absolute Gasteiger partial charge is 0.253 e. The predicted molar refractivity (Wildman–Crippen MR) is 76.2 cm³/mol. The second-order valence-corrected chi connectivity index (χ2v) is 4.35. The number of carbonyl (C=O) groups excluding carboxylic acids is 2. The van der Waals surface area contributed by atoms with Gasteiger partial charge in [0.15, 0.2) is 0 Å². The van der Waals surface area contributed by atoms with Gasteiger partial charge in [-0.05, 0) is 18.2 Å². The van der Waals surface area contributed by atoms with Crippen LogP contribution in [0.25, 0.3) is 0 Å². The Hall–Kier alpha value is -2.24. The molecule has 0 saturated heterocycles. The van der Waals surface area contributed by atoms with Crippen LogP contribution in [0, 0.1) is 0 Å². The molecule has 0 unspecified atom stereocenters. The van der Waals surface area contributed by atoms with Gasteiger partial charge in [-0.3, -0.25) is 9.59 Å². The lowest BCUT2D eigenvalue weighted by atomic mass is 10.1. The van der Waals surface area contributed by atoms with E-state index in [4.69, 9.17) is 5.73 Å². The van der Waals surface area contributed by atoms with Crippen molar-refractivity contribution >= 4 is 23.2 Å². The molecule has 1 rings (SSSR count). The third kappa shape index (κ3) is 4.17. The molecule has 0 spiro atoms. The summed E-state index contributed by atoms with van der Waals surface area (Å²) in [6.07, 6.45) is 0.252. The van der Waals surface area contributed by atoms with Gasteiger partial charge in [0.1, 0.15) is 0 Å². The van der Waals surface area contributed by atoms with Crippen molar-refractivity contribution in [1.29, 1.82) is 0 Å². The van der Waals surface area contributed by atoms with E-state index >= 15 is 0 Å². The summed E-state index contributed by atoms with van der Waals surface area (Å²) in [6.45, 7) is 0.292. The molecule has 0 aliphatic rings. The minimum atomic E-state index is -0.236. The average molecular weight is 264 g/mol. The number of anilines is 2. The molecule has 1 aromatic rings. The zero-order chi connectivity index (χ0) is 14.4. The number of nitrogens with two attached hydrogens (primary N) is 1. The predicted octanol–water partition coefficient (Wildman–Crippen LogP) is 0.201. The quantitative estimate of drug-likeness (QED) is 0.663. The van der Waals surface area contributed by atoms with Crippen molar-refractivity contribution in [1.82, 2.24) is 10.6 Å². The first-order chi connectivity index (χ1) is 8.95. The fourth-order valence-electron chi connectivity index (χ4n) is 1.64. The van der Waals surface area contributed by atoms with Crippen molar-refractivity contribution in [2.75, 3.05) is 38.3 Å². The maximum Gasteiger partial charge on any atom is 0.253 e. The zero-order valence-corrected chi connectivity index (χ0v) is 11.5. The lowest BCUT2D eigenvalue weighted by Crippen LogP contribution is -2.30. The van der Waals surface area contributed by atoms with E-state index in [0.717, 1.165) is 5.69 Å². The summed E-state index contributed by atoms with van der Waals surface area (Å²) in [5, 5.41) is 5.20. The van der Waals surface area contributed by atoms with Crippen LogP contribution in [0.1, 0.15) is 16.8 Å². The summed E-state index contributed by atoms with van der Waals surface area (Å²) in [5.74, 6) is -0.347. The molecule has 6 nitrogen and oxygen atoms in total.